The van der Waals surface area contributed by atoms with E-state index in [0.717, 1.165) is 25.1 Å². The van der Waals surface area contributed by atoms with Crippen molar-refractivity contribution in [1.82, 2.24) is 29.6 Å². The van der Waals surface area contributed by atoms with Gasteiger partial charge in [-0.3, -0.25) is 14.7 Å². The molecule has 0 bridgehead atoms. The summed E-state index contributed by atoms with van der Waals surface area (Å²) in [7, 11) is 0. The minimum absolute atomic E-state index is 0.0422. The lowest BCUT2D eigenvalue weighted by atomic mass is 9.86. The van der Waals surface area contributed by atoms with Crippen LogP contribution in [0.3, 0.4) is 0 Å². The summed E-state index contributed by atoms with van der Waals surface area (Å²) >= 11 is 0. The van der Waals surface area contributed by atoms with Gasteiger partial charge in [0, 0.05) is 49.9 Å². The molecule has 8 rings (SSSR count). The summed E-state index contributed by atoms with van der Waals surface area (Å²) < 4.78 is 54.3. The Morgan fingerprint density at radius 2 is 1.98 bits per heavy atom. The van der Waals surface area contributed by atoms with Gasteiger partial charge < -0.3 is 14.7 Å². The molecule has 3 fully saturated rings. The number of piperidine rings is 1. The van der Waals surface area contributed by atoms with Crippen molar-refractivity contribution in [2.45, 2.75) is 64.6 Å². The smallest absolute Gasteiger partial charge is 0.319 e. The maximum absolute atomic E-state index is 17.0. The summed E-state index contributed by atoms with van der Waals surface area (Å²) in [5.74, 6) is -1.34. The normalized spacial score (nSPS) is 23.7. The first kappa shape index (κ1) is 33.4. The summed E-state index contributed by atoms with van der Waals surface area (Å²) in [6, 6.07) is 7.55. The second-order valence-corrected chi connectivity index (χ2v) is 14.4. The maximum atomic E-state index is 17.0. The molecule has 0 saturated carbocycles. The van der Waals surface area contributed by atoms with Gasteiger partial charge in [0.1, 0.15) is 41.4 Å². The molecule has 10 nitrogen and oxygen atoms in total. The number of aromatic nitrogens is 5. The molecule has 0 spiro atoms. The number of hydrogen-bond donors (Lipinski definition) is 1. The summed E-state index contributed by atoms with van der Waals surface area (Å²) in [6.07, 6.45) is 5.17. The third-order valence-electron chi connectivity index (χ3n) is 11.1. The molecule has 6 heterocycles. The van der Waals surface area contributed by atoms with E-state index in [0.29, 0.717) is 66.4 Å². The Kier molecular flexibility index (Phi) is 8.35. The molecule has 3 aliphatic heterocycles. The van der Waals surface area contributed by atoms with Crippen molar-refractivity contribution < 1.29 is 27.8 Å². The number of aryl methyl sites for hydroxylation is 2. The predicted octanol–water partition coefficient (Wildman–Crippen LogP) is 6.65. The van der Waals surface area contributed by atoms with Crippen LogP contribution in [-0.4, -0.2) is 85.1 Å². The third-order valence-corrected chi connectivity index (χ3v) is 11.1. The first-order valence-corrected chi connectivity index (χ1v) is 17.7. The zero-order valence-electron chi connectivity index (χ0n) is 28.9. The van der Waals surface area contributed by atoms with Crippen molar-refractivity contribution in [2.75, 3.05) is 37.7 Å². The van der Waals surface area contributed by atoms with E-state index in [2.05, 4.69) is 20.0 Å². The van der Waals surface area contributed by atoms with E-state index in [1.165, 1.54) is 29.1 Å². The van der Waals surface area contributed by atoms with Crippen LogP contribution in [0.15, 0.2) is 42.7 Å². The second kappa shape index (κ2) is 12.8. The van der Waals surface area contributed by atoms with Gasteiger partial charge in [-0.1, -0.05) is 19.9 Å². The quantitative estimate of drug-likeness (QED) is 0.200. The molecular weight excluding hydrogens is 659 g/mol. The van der Waals surface area contributed by atoms with Crippen LogP contribution in [0.25, 0.3) is 32.9 Å². The fraction of sp³-hybridized carbons (Fsp3) is 0.447. The Balaban J connectivity index is 1.21. The van der Waals surface area contributed by atoms with E-state index < -0.39 is 23.3 Å². The Morgan fingerprint density at radius 3 is 2.75 bits per heavy atom. The fourth-order valence-electron chi connectivity index (χ4n) is 8.61. The van der Waals surface area contributed by atoms with Gasteiger partial charge in [0.2, 0.25) is 5.91 Å². The van der Waals surface area contributed by atoms with Gasteiger partial charge in [-0.2, -0.15) is 15.1 Å². The molecule has 51 heavy (non-hydrogen) atoms. The van der Waals surface area contributed by atoms with E-state index >= 15 is 8.78 Å². The number of carbonyl (C=O) groups is 1. The number of fused-ring (bicyclic) bond motifs is 3. The topological polar surface area (TPSA) is 110 Å². The van der Waals surface area contributed by atoms with E-state index in [9.17, 15) is 14.3 Å². The molecule has 0 unspecified atom stereocenters. The number of benzene rings is 2. The summed E-state index contributed by atoms with van der Waals surface area (Å²) in [5, 5.41) is 16.3. The molecule has 13 heteroatoms. The Hall–Kier alpha value is -4.78. The van der Waals surface area contributed by atoms with Crippen LogP contribution in [0.5, 0.6) is 11.8 Å². The number of ether oxygens (including phenoxy) is 1. The molecule has 3 aromatic heterocycles. The number of phenols is 1. The largest absolute Gasteiger partial charge is 0.508 e. The number of alkyl halides is 1. The van der Waals surface area contributed by atoms with Gasteiger partial charge >= 0.3 is 6.01 Å². The molecule has 4 atom stereocenters. The second-order valence-electron chi connectivity index (χ2n) is 14.4. The van der Waals surface area contributed by atoms with Crippen molar-refractivity contribution in [1.29, 1.82) is 0 Å². The number of hydrogen-bond acceptors (Lipinski definition) is 9. The lowest BCUT2D eigenvalue weighted by molar-refractivity contribution is 0.0750. The zero-order valence-corrected chi connectivity index (χ0v) is 28.9. The highest BCUT2D eigenvalue weighted by atomic mass is 19.1. The lowest BCUT2D eigenvalue weighted by Crippen LogP contribution is -2.44. The Labute approximate surface area is 293 Å². The van der Waals surface area contributed by atoms with Crippen LogP contribution < -0.4 is 9.64 Å². The number of halogens is 3. The van der Waals surface area contributed by atoms with Crippen molar-refractivity contribution >= 4 is 33.4 Å². The van der Waals surface area contributed by atoms with Gasteiger partial charge in [0.25, 0.3) is 0 Å². The van der Waals surface area contributed by atoms with Gasteiger partial charge in [-0.25, -0.2) is 17.9 Å². The third kappa shape index (κ3) is 5.75. The highest BCUT2D eigenvalue weighted by Crippen LogP contribution is 2.42. The number of aromatic hydroxyl groups is 1. The molecule has 3 saturated heterocycles. The number of nitrogens with zero attached hydrogens (tertiary/aromatic N) is 7. The molecule has 0 radical (unpaired) electrons. The van der Waals surface area contributed by atoms with Crippen LogP contribution in [0, 0.1) is 30.4 Å². The molecule has 266 valence electrons. The van der Waals surface area contributed by atoms with E-state index in [4.69, 9.17) is 9.72 Å². The molecule has 5 aromatic rings. The Morgan fingerprint density at radius 1 is 1.14 bits per heavy atom. The number of pyridine rings is 1. The lowest BCUT2D eigenvalue weighted by Gasteiger charge is -2.37. The van der Waals surface area contributed by atoms with Crippen LogP contribution >= 0.6 is 0 Å². The SMILES string of the molecule is CCc1c(F)ccc2cc(O)cc(-c3ncc4c(N5CC[C@@H](C(=O)n6ccc(C)n6)[C@@H](C)C5)nc(OC[C@@]56CCCN5C[C@H](F)C6)nc4c3F)c12. The average molecular weight is 700 g/mol. The highest BCUT2D eigenvalue weighted by molar-refractivity contribution is 6.01. The van der Waals surface area contributed by atoms with Crippen LogP contribution in [0.4, 0.5) is 19.0 Å². The van der Waals surface area contributed by atoms with Gasteiger partial charge in [0.15, 0.2) is 5.82 Å². The number of rotatable bonds is 7. The maximum Gasteiger partial charge on any atom is 0.319 e. The predicted molar refractivity (Wildman–Crippen MR) is 187 cm³/mol. The van der Waals surface area contributed by atoms with E-state index in [-0.39, 0.29) is 52.9 Å². The highest BCUT2D eigenvalue weighted by Gasteiger charge is 2.49. The number of carbonyl (C=O) groups excluding carboxylic acids is 1. The monoisotopic (exact) mass is 699 g/mol. The molecular formula is C38H40F3N7O3. The first-order valence-electron chi connectivity index (χ1n) is 17.7. The first-order chi connectivity index (χ1) is 24.5. The van der Waals surface area contributed by atoms with Gasteiger partial charge in [0.05, 0.1) is 16.6 Å². The zero-order chi connectivity index (χ0) is 35.6. The molecule has 0 aliphatic carbocycles. The summed E-state index contributed by atoms with van der Waals surface area (Å²) in [5.41, 5.74) is 0.778. The number of anilines is 1. The van der Waals surface area contributed by atoms with Crippen molar-refractivity contribution in [3.63, 3.8) is 0 Å². The van der Waals surface area contributed by atoms with Crippen molar-refractivity contribution in [2.24, 2.45) is 11.8 Å². The minimum Gasteiger partial charge on any atom is -0.508 e. The number of phenolic OH excluding ortho intramolecular Hbond substituents is 1. The van der Waals surface area contributed by atoms with E-state index in [1.807, 2.05) is 25.7 Å². The van der Waals surface area contributed by atoms with Crippen LogP contribution in [0.2, 0.25) is 0 Å². The molecule has 0 amide bonds. The molecule has 3 aliphatic rings. The average Bonchev–Trinajstić information content (AvgIpc) is 3.80. The summed E-state index contributed by atoms with van der Waals surface area (Å²) in [6.45, 7) is 7.86. The fourth-order valence-corrected chi connectivity index (χ4v) is 8.61. The van der Waals surface area contributed by atoms with Gasteiger partial charge in [-0.05, 0) is 85.7 Å². The summed E-state index contributed by atoms with van der Waals surface area (Å²) in [4.78, 5) is 31.4. The van der Waals surface area contributed by atoms with Crippen molar-refractivity contribution in [3.05, 3.63) is 65.6 Å². The molecule has 2 aromatic carbocycles. The molecule has 1 N–H and O–H groups in total. The van der Waals surface area contributed by atoms with Crippen molar-refractivity contribution in [3.8, 4) is 23.0 Å². The van der Waals surface area contributed by atoms with Crippen LogP contribution in [-0.2, 0) is 6.42 Å². The Bertz CT molecular complexity index is 2180. The standard InChI is InChI=1S/C38H40F3N7O3/c1-4-26-30(40)7-6-23-14-25(49)15-28(31(23)26)33-32(41)34-29(17-42-33)35(44-37(43-34)51-20-38-10-5-11-47(38)19-24(39)16-38)46-12-9-27(21(2)18-46)36(50)48-13-8-22(3)45-48/h6-8,13-15,17,21,24,27,49H,4-5,9-12,16,18-20H2,1-3H3/t21-,24+,27+,38-/m0/s1. The van der Waals surface area contributed by atoms with Gasteiger partial charge in [-0.15, -0.1) is 0 Å². The minimum atomic E-state index is -0.945. The van der Waals surface area contributed by atoms with Crippen LogP contribution in [0.1, 0.15) is 55.6 Å². The van der Waals surface area contributed by atoms with E-state index in [1.54, 1.807) is 18.3 Å².